The van der Waals surface area contributed by atoms with Crippen molar-refractivity contribution in [2.24, 2.45) is 5.41 Å². The van der Waals surface area contributed by atoms with Crippen molar-refractivity contribution in [1.29, 1.82) is 0 Å². The average molecular weight is 243 g/mol. The molecular formula is C12H21NO4. The smallest absolute Gasteiger partial charge is 0.303 e. The van der Waals surface area contributed by atoms with E-state index in [2.05, 4.69) is 5.32 Å². The van der Waals surface area contributed by atoms with Crippen LogP contribution in [0.25, 0.3) is 0 Å². The van der Waals surface area contributed by atoms with Gasteiger partial charge < -0.3 is 15.5 Å². The average Bonchev–Trinajstić information content (AvgIpc) is 2.35. The lowest BCUT2D eigenvalue weighted by Crippen LogP contribution is -2.41. The number of aliphatic carboxylic acids is 1. The molecule has 5 heteroatoms. The number of rotatable bonds is 6. The van der Waals surface area contributed by atoms with Gasteiger partial charge in [0.05, 0.1) is 13.0 Å². The van der Waals surface area contributed by atoms with E-state index in [1.807, 2.05) is 0 Å². The molecule has 0 unspecified atom stereocenters. The number of carbonyl (C=O) groups is 2. The van der Waals surface area contributed by atoms with Crippen LogP contribution in [0.2, 0.25) is 0 Å². The van der Waals surface area contributed by atoms with Gasteiger partial charge in [-0.25, -0.2) is 0 Å². The summed E-state index contributed by atoms with van der Waals surface area (Å²) in [5.74, 6) is -1.21. The predicted molar refractivity (Wildman–Crippen MR) is 62.5 cm³/mol. The van der Waals surface area contributed by atoms with E-state index >= 15 is 0 Å². The number of carbonyl (C=O) groups excluding carboxylic acids is 1. The summed E-state index contributed by atoms with van der Waals surface area (Å²) in [5.41, 5.74) is -0.183. The Morgan fingerprint density at radius 3 is 2.29 bits per heavy atom. The molecule has 1 rings (SSSR count). The molecule has 1 saturated carbocycles. The first-order valence-electron chi connectivity index (χ1n) is 6.17. The molecule has 0 spiro atoms. The topological polar surface area (TPSA) is 86.6 Å². The Labute approximate surface area is 101 Å². The Hall–Kier alpha value is -1.10. The molecule has 1 fully saturated rings. The van der Waals surface area contributed by atoms with E-state index in [-0.39, 0.29) is 30.8 Å². The zero-order valence-electron chi connectivity index (χ0n) is 10.1. The molecule has 3 N–H and O–H groups in total. The molecule has 0 saturated heterocycles. The molecule has 0 aromatic rings. The Balaban J connectivity index is 2.31. The number of nitrogens with one attached hydrogen (secondary N) is 1. The summed E-state index contributed by atoms with van der Waals surface area (Å²) in [5, 5.41) is 20.6. The molecule has 5 nitrogen and oxygen atoms in total. The highest BCUT2D eigenvalue weighted by atomic mass is 16.4. The van der Waals surface area contributed by atoms with Crippen LogP contribution in [-0.2, 0) is 9.59 Å². The highest BCUT2D eigenvalue weighted by Crippen LogP contribution is 2.35. The molecule has 0 aromatic heterocycles. The van der Waals surface area contributed by atoms with Crippen LogP contribution in [-0.4, -0.2) is 35.2 Å². The minimum atomic E-state index is -0.963. The van der Waals surface area contributed by atoms with Crippen LogP contribution < -0.4 is 5.32 Å². The minimum Gasteiger partial charge on any atom is -0.481 e. The lowest BCUT2D eigenvalue weighted by Gasteiger charge is -2.35. The molecule has 1 amide bonds. The van der Waals surface area contributed by atoms with Gasteiger partial charge in [-0.15, -0.1) is 0 Å². The Morgan fingerprint density at radius 1 is 1.12 bits per heavy atom. The molecule has 0 aliphatic heterocycles. The zero-order valence-corrected chi connectivity index (χ0v) is 10.1. The van der Waals surface area contributed by atoms with E-state index in [9.17, 15) is 14.7 Å². The van der Waals surface area contributed by atoms with Crippen molar-refractivity contribution in [3.05, 3.63) is 0 Å². The molecule has 0 atom stereocenters. The van der Waals surface area contributed by atoms with Crippen LogP contribution >= 0.6 is 0 Å². The molecule has 1 aliphatic rings. The molecule has 0 bridgehead atoms. The Kier molecular flexibility index (Phi) is 5.41. The van der Waals surface area contributed by atoms with Gasteiger partial charge in [0.1, 0.15) is 0 Å². The van der Waals surface area contributed by atoms with Gasteiger partial charge in [-0.2, -0.15) is 0 Å². The van der Waals surface area contributed by atoms with Crippen LogP contribution in [0.5, 0.6) is 0 Å². The van der Waals surface area contributed by atoms with Gasteiger partial charge in [-0.1, -0.05) is 19.3 Å². The SMILES string of the molecule is O=C(O)CCC(=O)NCC1(CO)CCCCC1. The maximum Gasteiger partial charge on any atom is 0.303 e. The summed E-state index contributed by atoms with van der Waals surface area (Å²) < 4.78 is 0. The fourth-order valence-electron chi connectivity index (χ4n) is 2.29. The number of carboxylic acids is 1. The lowest BCUT2D eigenvalue weighted by atomic mass is 9.74. The standard InChI is InChI=1S/C12H21NO4/c14-9-12(6-2-1-3-7-12)8-13-10(15)4-5-11(16)17/h14H,1-9H2,(H,13,15)(H,16,17). The Bertz CT molecular complexity index is 272. The molecule has 1 aliphatic carbocycles. The number of hydrogen-bond acceptors (Lipinski definition) is 3. The second-order valence-electron chi connectivity index (χ2n) is 4.89. The van der Waals surface area contributed by atoms with Crippen molar-refractivity contribution in [3.8, 4) is 0 Å². The van der Waals surface area contributed by atoms with E-state index in [0.717, 1.165) is 25.7 Å². The van der Waals surface area contributed by atoms with Crippen molar-refractivity contribution in [1.82, 2.24) is 5.32 Å². The molecule has 17 heavy (non-hydrogen) atoms. The largest absolute Gasteiger partial charge is 0.481 e. The van der Waals surface area contributed by atoms with E-state index in [4.69, 9.17) is 5.11 Å². The monoisotopic (exact) mass is 243 g/mol. The zero-order chi connectivity index (χ0) is 12.7. The highest BCUT2D eigenvalue weighted by Gasteiger charge is 2.31. The third-order valence-corrected chi connectivity index (χ3v) is 3.48. The van der Waals surface area contributed by atoms with Crippen molar-refractivity contribution >= 4 is 11.9 Å². The third kappa shape index (κ3) is 4.73. The van der Waals surface area contributed by atoms with Gasteiger partial charge in [-0.05, 0) is 12.8 Å². The summed E-state index contributed by atoms with van der Waals surface area (Å²) in [6.45, 7) is 0.550. The fraction of sp³-hybridized carbons (Fsp3) is 0.833. The van der Waals surface area contributed by atoms with Crippen LogP contribution in [0, 0.1) is 5.41 Å². The number of aliphatic hydroxyl groups excluding tert-OH is 1. The number of carboxylic acid groups (broad SMARTS) is 1. The lowest BCUT2D eigenvalue weighted by molar-refractivity contribution is -0.138. The Morgan fingerprint density at radius 2 is 1.76 bits per heavy atom. The van der Waals surface area contributed by atoms with Gasteiger partial charge in [0.15, 0.2) is 0 Å². The first kappa shape index (κ1) is 14.0. The van der Waals surface area contributed by atoms with Gasteiger partial charge in [0, 0.05) is 18.4 Å². The van der Waals surface area contributed by atoms with Crippen molar-refractivity contribution in [3.63, 3.8) is 0 Å². The number of hydrogen-bond donors (Lipinski definition) is 3. The predicted octanol–water partition coefficient (Wildman–Crippen LogP) is 0.910. The summed E-state index contributed by atoms with van der Waals surface area (Å²) in [4.78, 5) is 21.7. The van der Waals surface area contributed by atoms with Gasteiger partial charge in [0.25, 0.3) is 0 Å². The normalized spacial score (nSPS) is 18.6. The maximum absolute atomic E-state index is 11.4. The van der Waals surface area contributed by atoms with Gasteiger partial charge in [-0.3, -0.25) is 9.59 Å². The summed E-state index contributed by atoms with van der Waals surface area (Å²) >= 11 is 0. The second kappa shape index (κ2) is 6.59. The highest BCUT2D eigenvalue weighted by molar-refractivity contribution is 5.80. The minimum absolute atomic E-state index is 0.0108. The van der Waals surface area contributed by atoms with E-state index in [1.54, 1.807) is 0 Å². The van der Waals surface area contributed by atoms with Crippen LogP contribution in [0.3, 0.4) is 0 Å². The number of amides is 1. The molecule has 98 valence electrons. The van der Waals surface area contributed by atoms with E-state index in [0.29, 0.717) is 6.54 Å². The summed E-state index contributed by atoms with van der Waals surface area (Å²) in [6.07, 6.45) is 5.10. The molecule has 0 aromatic carbocycles. The van der Waals surface area contributed by atoms with E-state index < -0.39 is 5.97 Å². The van der Waals surface area contributed by atoms with Gasteiger partial charge in [0.2, 0.25) is 5.91 Å². The van der Waals surface area contributed by atoms with E-state index in [1.165, 1.54) is 6.42 Å². The van der Waals surface area contributed by atoms with Crippen LogP contribution in [0.4, 0.5) is 0 Å². The first-order chi connectivity index (χ1) is 8.08. The fourth-order valence-corrected chi connectivity index (χ4v) is 2.29. The number of aliphatic hydroxyl groups is 1. The quantitative estimate of drug-likeness (QED) is 0.647. The molecule has 0 radical (unpaired) electrons. The molecular weight excluding hydrogens is 222 g/mol. The van der Waals surface area contributed by atoms with Crippen LogP contribution in [0.15, 0.2) is 0 Å². The maximum atomic E-state index is 11.4. The second-order valence-corrected chi connectivity index (χ2v) is 4.89. The van der Waals surface area contributed by atoms with Gasteiger partial charge >= 0.3 is 5.97 Å². The van der Waals surface area contributed by atoms with Crippen molar-refractivity contribution < 1.29 is 19.8 Å². The third-order valence-electron chi connectivity index (χ3n) is 3.48. The summed E-state index contributed by atoms with van der Waals surface area (Å²) in [6, 6.07) is 0. The van der Waals surface area contributed by atoms with Crippen LogP contribution in [0.1, 0.15) is 44.9 Å². The van der Waals surface area contributed by atoms with Crippen molar-refractivity contribution in [2.75, 3.05) is 13.2 Å². The first-order valence-corrected chi connectivity index (χ1v) is 6.17. The van der Waals surface area contributed by atoms with Crippen molar-refractivity contribution in [2.45, 2.75) is 44.9 Å². The summed E-state index contributed by atoms with van der Waals surface area (Å²) in [7, 11) is 0. The molecule has 0 heterocycles.